The smallest absolute Gasteiger partial charge is 0.236 e. The van der Waals surface area contributed by atoms with Gasteiger partial charge in [-0.1, -0.05) is 0 Å². The quantitative estimate of drug-likeness (QED) is 0.855. The number of rotatable bonds is 5. The lowest BCUT2D eigenvalue weighted by Gasteiger charge is -2.16. The largest absolute Gasteiger partial charge is 0.494 e. The molecule has 0 spiro atoms. The summed E-state index contributed by atoms with van der Waals surface area (Å²) in [6.07, 6.45) is 0.217. The molecule has 0 unspecified atom stereocenters. The monoisotopic (exact) mass is 258 g/mol. The summed E-state index contributed by atoms with van der Waals surface area (Å²) in [5, 5.41) is 0. The molecule has 18 heavy (non-hydrogen) atoms. The van der Waals surface area contributed by atoms with Gasteiger partial charge in [-0.3, -0.25) is 4.79 Å². The van der Waals surface area contributed by atoms with Crippen LogP contribution in [-0.4, -0.2) is 38.1 Å². The van der Waals surface area contributed by atoms with Crippen LogP contribution in [0.15, 0.2) is 12.1 Å². The molecule has 0 aliphatic carbocycles. The van der Waals surface area contributed by atoms with E-state index in [2.05, 4.69) is 4.74 Å². The molecule has 0 aromatic heterocycles. The van der Waals surface area contributed by atoms with Gasteiger partial charge in [0.05, 0.1) is 13.7 Å². The van der Waals surface area contributed by atoms with E-state index in [-0.39, 0.29) is 36.7 Å². The van der Waals surface area contributed by atoms with E-state index in [9.17, 15) is 13.6 Å². The third-order valence-corrected chi connectivity index (χ3v) is 2.64. The van der Waals surface area contributed by atoms with Crippen LogP contribution in [0.3, 0.4) is 0 Å². The number of likely N-dealkylation sites (N-methyl/N-ethyl adjacent to an activating group) is 1. The second-order valence-corrected chi connectivity index (χ2v) is 3.85. The number of halogens is 2. The average molecular weight is 258 g/mol. The summed E-state index contributed by atoms with van der Waals surface area (Å²) in [5.74, 6) is -1.56. The van der Waals surface area contributed by atoms with E-state index >= 15 is 0 Å². The molecular weight excluding hydrogens is 242 g/mol. The molecule has 0 saturated carbocycles. The number of amides is 1. The van der Waals surface area contributed by atoms with E-state index in [1.807, 2.05) is 0 Å². The predicted molar refractivity (Wildman–Crippen MR) is 63.3 cm³/mol. The van der Waals surface area contributed by atoms with Gasteiger partial charge in [0.15, 0.2) is 11.6 Å². The summed E-state index contributed by atoms with van der Waals surface area (Å²) in [4.78, 5) is 12.6. The van der Waals surface area contributed by atoms with Gasteiger partial charge in [0.1, 0.15) is 5.82 Å². The molecule has 0 heterocycles. The number of hydrogen-bond acceptors (Lipinski definition) is 3. The third-order valence-electron chi connectivity index (χ3n) is 2.64. The Morgan fingerprint density at radius 2 is 2.06 bits per heavy atom. The van der Waals surface area contributed by atoms with Crippen molar-refractivity contribution in [3.63, 3.8) is 0 Å². The van der Waals surface area contributed by atoms with Gasteiger partial charge < -0.3 is 15.4 Å². The van der Waals surface area contributed by atoms with E-state index in [0.717, 1.165) is 12.1 Å². The normalized spacial score (nSPS) is 10.3. The highest BCUT2D eigenvalue weighted by Crippen LogP contribution is 2.21. The summed E-state index contributed by atoms with van der Waals surface area (Å²) in [6, 6.07) is 2.07. The molecule has 0 bridgehead atoms. The Labute approximate surface area is 104 Å². The van der Waals surface area contributed by atoms with E-state index in [4.69, 9.17) is 5.73 Å². The lowest BCUT2D eigenvalue weighted by atomic mass is 10.1. The minimum atomic E-state index is -0.623. The first kappa shape index (κ1) is 14.4. The van der Waals surface area contributed by atoms with Gasteiger partial charge in [-0.15, -0.1) is 0 Å². The molecule has 0 saturated heterocycles. The Morgan fingerprint density at radius 3 is 2.61 bits per heavy atom. The molecule has 1 amide bonds. The second kappa shape index (κ2) is 6.30. The van der Waals surface area contributed by atoms with Crippen molar-refractivity contribution >= 4 is 5.91 Å². The molecule has 0 fully saturated rings. The first-order valence-corrected chi connectivity index (χ1v) is 5.45. The van der Waals surface area contributed by atoms with Crippen molar-refractivity contribution in [2.24, 2.45) is 5.73 Å². The van der Waals surface area contributed by atoms with Crippen molar-refractivity contribution in [3.8, 4) is 5.75 Å². The first-order valence-electron chi connectivity index (χ1n) is 5.45. The van der Waals surface area contributed by atoms with E-state index in [1.165, 1.54) is 12.0 Å². The Morgan fingerprint density at radius 1 is 1.39 bits per heavy atom. The number of ether oxygens (including phenoxy) is 1. The predicted octanol–water partition coefficient (Wildman–Crippen LogP) is 0.933. The van der Waals surface area contributed by atoms with E-state index in [0.29, 0.717) is 0 Å². The summed E-state index contributed by atoms with van der Waals surface area (Å²) in [7, 11) is 2.83. The number of methoxy groups -OCH3 is 1. The summed E-state index contributed by atoms with van der Waals surface area (Å²) >= 11 is 0. The van der Waals surface area contributed by atoms with Gasteiger partial charge >= 0.3 is 0 Å². The third kappa shape index (κ3) is 3.40. The van der Waals surface area contributed by atoms with Crippen molar-refractivity contribution in [1.29, 1.82) is 0 Å². The lowest BCUT2D eigenvalue weighted by molar-refractivity contribution is -0.128. The SMILES string of the molecule is COc1cc(F)c(CCN(C)C(=O)CN)cc1F. The summed E-state index contributed by atoms with van der Waals surface area (Å²) < 4.78 is 31.6. The number of hydrogen-bond donors (Lipinski definition) is 1. The highest BCUT2D eigenvalue weighted by molar-refractivity contribution is 5.77. The molecule has 0 atom stereocenters. The first-order chi connectivity index (χ1) is 8.49. The van der Waals surface area contributed by atoms with Crippen molar-refractivity contribution < 1.29 is 18.3 Å². The highest BCUT2D eigenvalue weighted by atomic mass is 19.1. The van der Waals surface area contributed by atoms with Crippen LogP contribution in [0.2, 0.25) is 0 Å². The Bertz CT molecular complexity index is 438. The molecule has 4 nitrogen and oxygen atoms in total. The van der Waals surface area contributed by atoms with E-state index < -0.39 is 11.6 Å². The summed E-state index contributed by atoms with van der Waals surface area (Å²) in [5.41, 5.74) is 5.39. The zero-order valence-electron chi connectivity index (χ0n) is 10.4. The van der Waals surface area contributed by atoms with Gasteiger partial charge in [-0.25, -0.2) is 8.78 Å². The van der Waals surface area contributed by atoms with Crippen LogP contribution in [0.25, 0.3) is 0 Å². The van der Waals surface area contributed by atoms with Gasteiger partial charge in [0.25, 0.3) is 0 Å². The van der Waals surface area contributed by atoms with Crippen LogP contribution < -0.4 is 10.5 Å². The molecule has 6 heteroatoms. The van der Waals surface area contributed by atoms with Crippen LogP contribution in [0.1, 0.15) is 5.56 Å². The molecule has 100 valence electrons. The van der Waals surface area contributed by atoms with Crippen molar-refractivity contribution in [1.82, 2.24) is 4.90 Å². The molecular formula is C12H16F2N2O2. The number of nitrogens with two attached hydrogens (primary N) is 1. The Balaban J connectivity index is 2.74. The fourth-order valence-electron chi connectivity index (χ4n) is 1.49. The standard InChI is InChI=1S/C12H16F2N2O2/c1-16(12(17)7-15)4-3-8-5-10(14)11(18-2)6-9(8)13/h5-6H,3-4,7,15H2,1-2H3. The maximum absolute atomic E-state index is 13.6. The Hall–Kier alpha value is -1.69. The molecule has 1 aromatic rings. The maximum atomic E-state index is 13.6. The number of benzene rings is 1. The topological polar surface area (TPSA) is 55.6 Å². The zero-order chi connectivity index (χ0) is 13.7. The maximum Gasteiger partial charge on any atom is 0.236 e. The van der Waals surface area contributed by atoms with Crippen molar-refractivity contribution in [2.75, 3.05) is 27.2 Å². The highest BCUT2D eigenvalue weighted by Gasteiger charge is 2.12. The molecule has 2 N–H and O–H groups in total. The lowest BCUT2D eigenvalue weighted by Crippen LogP contribution is -2.34. The van der Waals surface area contributed by atoms with Crippen LogP contribution in [0.5, 0.6) is 5.75 Å². The molecule has 1 aromatic carbocycles. The zero-order valence-corrected chi connectivity index (χ0v) is 10.4. The van der Waals surface area contributed by atoms with Crippen LogP contribution in [0.4, 0.5) is 8.78 Å². The number of nitrogens with zero attached hydrogens (tertiary/aromatic N) is 1. The molecule has 0 radical (unpaired) electrons. The van der Waals surface area contributed by atoms with Gasteiger partial charge in [0, 0.05) is 19.7 Å². The van der Waals surface area contributed by atoms with Crippen molar-refractivity contribution in [2.45, 2.75) is 6.42 Å². The van der Waals surface area contributed by atoms with E-state index in [1.54, 1.807) is 7.05 Å². The summed E-state index contributed by atoms with van der Waals surface area (Å²) in [6.45, 7) is 0.175. The van der Waals surface area contributed by atoms with Crippen LogP contribution >= 0.6 is 0 Å². The fourth-order valence-corrected chi connectivity index (χ4v) is 1.49. The molecule has 0 aliphatic rings. The number of carbonyl (C=O) groups excluding carboxylic acids is 1. The van der Waals surface area contributed by atoms with Crippen LogP contribution in [0, 0.1) is 11.6 Å². The van der Waals surface area contributed by atoms with Gasteiger partial charge in [-0.05, 0) is 18.1 Å². The minimum Gasteiger partial charge on any atom is -0.494 e. The second-order valence-electron chi connectivity index (χ2n) is 3.85. The fraction of sp³-hybridized carbons (Fsp3) is 0.417. The van der Waals surface area contributed by atoms with Crippen LogP contribution in [-0.2, 0) is 11.2 Å². The van der Waals surface area contributed by atoms with Gasteiger partial charge in [-0.2, -0.15) is 0 Å². The molecule has 0 aliphatic heterocycles. The minimum absolute atomic E-state index is 0.101. The Kier molecular flexibility index (Phi) is 5.03. The van der Waals surface area contributed by atoms with Crippen molar-refractivity contribution in [3.05, 3.63) is 29.3 Å². The average Bonchev–Trinajstić information content (AvgIpc) is 2.37. The number of carbonyl (C=O) groups is 1. The van der Waals surface area contributed by atoms with Gasteiger partial charge in [0.2, 0.25) is 5.91 Å². The molecule has 1 rings (SSSR count).